The number of thiophene rings is 1. The maximum atomic E-state index is 4.93. The molecule has 0 fully saturated rings. The number of thioether (sulfide) groups is 2. The summed E-state index contributed by atoms with van der Waals surface area (Å²) in [6.45, 7) is 17.9. The number of hydrogen-bond acceptors (Lipinski definition) is 4. The summed E-state index contributed by atoms with van der Waals surface area (Å²) in [6, 6.07) is 13.8. The topological polar surface area (TPSA) is 12.9 Å². The molecule has 2 aromatic carbocycles. The minimum absolute atomic E-state index is 0.0493. The van der Waals surface area contributed by atoms with Gasteiger partial charge in [-0.2, -0.15) is 0 Å². The summed E-state index contributed by atoms with van der Waals surface area (Å²) in [5, 5.41) is 5.39. The van der Waals surface area contributed by atoms with Crippen LogP contribution < -0.4 is 0 Å². The van der Waals surface area contributed by atoms with Gasteiger partial charge in [0.15, 0.2) is 0 Å². The Morgan fingerprint density at radius 1 is 1.15 bits per heavy atom. The normalized spacial score (nSPS) is 18.2. The molecule has 2 unspecified atom stereocenters. The first-order valence-corrected chi connectivity index (χ1v) is 14.7. The lowest BCUT2D eigenvalue weighted by Gasteiger charge is -2.23. The standard InChI is InChI=1S/C30H33NS3/c1-8-32-23-10-9-19(16-22(23)30(5,6)7)28-29-20(13-14-31-28)26-25(34-29)12-11-24-27(26)21(15-17(2)3)18(4)33-24/h8-14,16-18,21H,1,15H2,2-7H3. The van der Waals surface area contributed by atoms with E-state index in [2.05, 4.69) is 96.3 Å². The molecule has 2 atom stereocenters. The first-order valence-electron chi connectivity index (χ1n) is 12.1. The van der Waals surface area contributed by atoms with Gasteiger partial charge < -0.3 is 0 Å². The summed E-state index contributed by atoms with van der Waals surface area (Å²) in [5.74, 6) is 1.31. The van der Waals surface area contributed by atoms with E-state index in [0.29, 0.717) is 17.1 Å². The van der Waals surface area contributed by atoms with Gasteiger partial charge in [-0.3, -0.25) is 4.98 Å². The van der Waals surface area contributed by atoms with E-state index in [1.807, 2.05) is 22.9 Å². The van der Waals surface area contributed by atoms with Crippen molar-refractivity contribution < 1.29 is 0 Å². The van der Waals surface area contributed by atoms with Crippen LogP contribution in [0.25, 0.3) is 31.4 Å². The zero-order chi connectivity index (χ0) is 24.2. The minimum Gasteiger partial charge on any atom is -0.255 e. The van der Waals surface area contributed by atoms with E-state index < -0.39 is 0 Å². The monoisotopic (exact) mass is 503 g/mol. The molecule has 0 saturated carbocycles. The molecule has 34 heavy (non-hydrogen) atoms. The smallest absolute Gasteiger partial charge is 0.0880 e. The van der Waals surface area contributed by atoms with Crippen molar-refractivity contribution in [3.63, 3.8) is 0 Å². The van der Waals surface area contributed by atoms with E-state index >= 15 is 0 Å². The molecule has 0 N–H and O–H groups in total. The molecule has 0 amide bonds. The summed E-state index contributed by atoms with van der Waals surface area (Å²) in [6.07, 6.45) is 3.25. The molecule has 0 spiro atoms. The van der Waals surface area contributed by atoms with Crippen molar-refractivity contribution in [2.45, 2.75) is 74.3 Å². The van der Waals surface area contributed by atoms with Gasteiger partial charge in [-0.1, -0.05) is 65.9 Å². The predicted molar refractivity (Wildman–Crippen MR) is 155 cm³/mol. The Morgan fingerprint density at radius 3 is 2.65 bits per heavy atom. The number of nitrogens with zero attached hydrogens (tertiary/aromatic N) is 1. The highest BCUT2D eigenvalue weighted by molar-refractivity contribution is 8.02. The van der Waals surface area contributed by atoms with Crippen molar-refractivity contribution >= 4 is 55.0 Å². The van der Waals surface area contributed by atoms with Crippen LogP contribution in [0.4, 0.5) is 0 Å². The number of hydrogen-bond donors (Lipinski definition) is 0. The van der Waals surface area contributed by atoms with Gasteiger partial charge in [-0.05, 0) is 70.5 Å². The Morgan fingerprint density at radius 2 is 1.94 bits per heavy atom. The highest BCUT2D eigenvalue weighted by Gasteiger charge is 2.33. The van der Waals surface area contributed by atoms with Crippen molar-refractivity contribution in [1.29, 1.82) is 0 Å². The van der Waals surface area contributed by atoms with Gasteiger partial charge in [0, 0.05) is 42.3 Å². The summed E-state index contributed by atoms with van der Waals surface area (Å²) < 4.78 is 2.70. The Labute approximate surface area is 216 Å². The zero-order valence-electron chi connectivity index (χ0n) is 20.9. The Bertz CT molecular complexity index is 1390. The Balaban J connectivity index is 1.73. The second kappa shape index (κ2) is 9.04. The van der Waals surface area contributed by atoms with Crippen LogP contribution in [0.1, 0.15) is 65.0 Å². The molecule has 1 nitrogen and oxygen atoms in total. The maximum Gasteiger partial charge on any atom is 0.0880 e. The van der Waals surface area contributed by atoms with Gasteiger partial charge in [0.05, 0.1) is 10.4 Å². The van der Waals surface area contributed by atoms with Crippen molar-refractivity contribution in [2.24, 2.45) is 5.92 Å². The molecule has 4 heteroatoms. The van der Waals surface area contributed by atoms with Crippen LogP contribution in [0, 0.1) is 5.92 Å². The largest absolute Gasteiger partial charge is 0.255 e. The fourth-order valence-corrected chi connectivity index (χ4v) is 8.65. The van der Waals surface area contributed by atoms with Crippen LogP contribution in [-0.2, 0) is 5.41 Å². The fourth-order valence-electron chi connectivity index (χ4n) is 5.27. The highest BCUT2D eigenvalue weighted by Crippen LogP contribution is 2.54. The Kier molecular flexibility index (Phi) is 6.37. The molecular weight excluding hydrogens is 471 g/mol. The molecule has 176 valence electrons. The van der Waals surface area contributed by atoms with Gasteiger partial charge in [0.1, 0.15) is 0 Å². The second-order valence-electron chi connectivity index (χ2n) is 10.8. The molecule has 2 aromatic heterocycles. The number of fused-ring (bicyclic) bond motifs is 5. The quantitative estimate of drug-likeness (QED) is 0.251. The average Bonchev–Trinajstić information content (AvgIpc) is 3.30. The fraction of sp³-hybridized carbons (Fsp3) is 0.367. The summed E-state index contributed by atoms with van der Waals surface area (Å²) >= 11 is 5.67. The molecule has 5 rings (SSSR count). The first-order chi connectivity index (χ1) is 16.2. The molecule has 0 aliphatic carbocycles. The zero-order valence-corrected chi connectivity index (χ0v) is 23.4. The number of rotatable bonds is 5. The number of benzene rings is 2. The predicted octanol–water partition coefficient (Wildman–Crippen LogP) is 10.3. The van der Waals surface area contributed by atoms with E-state index in [-0.39, 0.29) is 5.41 Å². The third kappa shape index (κ3) is 4.12. The summed E-state index contributed by atoms with van der Waals surface area (Å²) in [7, 11) is 0. The lowest BCUT2D eigenvalue weighted by Crippen LogP contribution is -2.12. The maximum absolute atomic E-state index is 4.93. The van der Waals surface area contributed by atoms with Crippen LogP contribution in [-0.4, -0.2) is 10.2 Å². The summed E-state index contributed by atoms with van der Waals surface area (Å²) in [5.41, 5.74) is 5.28. The molecule has 1 aliphatic heterocycles. The molecule has 4 aromatic rings. The third-order valence-electron chi connectivity index (χ3n) is 6.80. The number of aromatic nitrogens is 1. The first kappa shape index (κ1) is 24.0. The van der Waals surface area contributed by atoms with Gasteiger partial charge >= 0.3 is 0 Å². The lowest BCUT2D eigenvalue weighted by molar-refractivity contribution is 0.501. The number of pyridine rings is 1. The Hall–Kier alpha value is -1.75. The van der Waals surface area contributed by atoms with E-state index in [0.717, 1.165) is 5.69 Å². The van der Waals surface area contributed by atoms with E-state index in [9.17, 15) is 0 Å². The van der Waals surface area contributed by atoms with Crippen molar-refractivity contribution in [3.05, 3.63) is 65.7 Å². The van der Waals surface area contributed by atoms with Crippen LogP contribution in [0.5, 0.6) is 0 Å². The SMILES string of the molecule is C=CSc1ccc(-c2nccc3c2sc2ccc4c(c23)C(CC(C)C)C(C)S4)cc1C(C)(C)C. The van der Waals surface area contributed by atoms with Gasteiger partial charge in [0.2, 0.25) is 0 Å². The third-order valence-corrected chi connectivity index (χ3v) is 10.1. The molecule has 1 aliphatic rings. The van der Waals surface area contributed by atoms with E-state index in [1.54, 1.807) is 17.3 Å². The van der Waals surface area contributed by atoms with Crippen molar-refractivity contribution in [1.82, 2.24) is 4.98 Å². The highest BCUT2D eigenvalue weighted by atomic mass is 32.2. The minimum atomic E-state index is 0.0493. The summed E-state index contributed by atoms with van der Waals surface area (Å²) in [4.78, 5) is 7.68. The molecule has 0 saturated heterocycles. The average molecular weight is 504 g/mol. The van der Waals surface area contributed by atoms with Crippen LogP contribution >= 0.6 is 34.9 Å². The van der Waals surface area contributed by atoms with Crippen molar-refractivity contribution in [3.8, 4) is 11.3 Å². The van der Waals surface area contributed by atoms with Crippen LogP contribution in [0.15, 0.2) is 64.4 Å². The van der Waals surface area contributed by atoms with Crippen LogP contribution in [0.2, 0.25) is 0 Å². The van der Waals surface area contributed by atoms with E-state index in [4.69, 9.17) is 4.98 Å². The lowest BCUT2D eigenvalue weighted by atomic mass is 9.85. The van der Waals surface area contributed by atoms with Gasteiger partial charge in [-0.25, -0.2) is 0 Å². The molecule has 3 heterocycles. The molecule has 0 bridgehead atoms. The van der Waals surface area contributed by atoms with E-state index in [1.165, 1.54) is 47.5 Å². The van der Waals surface area contributed by atoms with Crippen molar-refractivity contribution in [2.75, 3.05) is 0 Å². The second-order valence-corrected chi connectivity index (χ2v) is 14.3. The van der Waals surface area contributed by atoms with Gasteiger partial charge in [-0.15, -0.1) is 23.1 Å². The molecule has 0 radical (unpaired) electrons. The van der Waals surface area contributed by atoms with Gasteiger partial charge in [0.25, 0.3) is 0 Å². The molecular formula is C30H33NS3. The van der Waals surface area contributed by atoms with Crippen LogP contribution in [0.3, 0.4) is 0 Å².